The molecule has 120 valence electrons. The minimum absolute atomic E-state index is 0.185. The van der Waals surface area contributed by atoms with Crippen LogP contribution in [0.2, 0.25) is 0 Å². The number of ether oxygens (including phenoxy) is 1. The Morgan fingerprint density at radius 2 is 1.87 bits per heavy atom. The number of aliphatic hydroxyl groups excluding tert-OH is 1. The summed E-state index contributed by atoms with van der Waals surface area (Å²) in [5.41, 5.74) is 1.70. The normalized spacial score (nSPS) is 18.4. The summed E-state index contributed by atoms with van der Waals surface area (Å²) in [6.07, 6.45) is -0.787. The lowest BCUT2D eigenvalue weighted by Crippen LogP contribution is -2.54. The number of methoxy groups -OCH3 is 1. The van der Waals surface area contributed by atoms with Crippen LogP contribution in [-0.2, 0) is 16.2 Å². The Hall–Kier alpha value is -2.37. The molecule has 1 saturated heterocycles. The number of hydrogen-bond donors (Lipinski definition) is 1. The van der Waals surface area contributed by atoms with Crippen LogP contribution in [-0.4, -0.2) is 29.7 Å². The summed E-state index contributed by atoms with van der Waals surface area (Å²) < 4.78 is 5.09. The highest BCUT2D eigenvalue weighted by molar-refractivity contribution is 5.84. The van der Waals surface area contributed by atoms with Crippen molar-refractivity contribution in [1.82, 2.24) is 5.06 Å². The summed E-state index contributed by atoms with van der Waals surface area (Å²) >= 11 is 0. The van der Waals surface area contributed by atoms with Gasteiger partial charge in [0.15, 0.2) is 0 Å². The Morgan fingerprint density at radius 3 is 2.48 bits per heavy atom. The monoisotopic (exact) mass is 313 g/mol. The number of benzene rings is 2. The average molecular weight is 313 g/mol. The average Bonchev–Trinajstić information content (AvgIpc) is 2.61. The van der Waals surface area contributed by atoms with Gasteiger partial charge in [-0.2, -0.15) is 0 Å². The molecule has 0 saturated carbocycles. The van der Waals surface area contributed by atoms with E-state index in [-0.39, 0.29) is 5.91 Å². The van der Waals surface area contributed by atoms with Crippen molar-refractivity contribution >= 4 is 5.91 Å². The highest BCUT2D eigenvalue weighted by Crippen LogP contribution is 2.31. The van der Waals surface area contributed by atoms with Crippen molar-refractivity contribution < 1.29 is 19.5 Å². The maximum Gasteiger partial charge on any atom is 0.254 e. The van der Waals surface area contributed by atoms with Gasteiger partial charge in [0.2, 0.25) is 0 Å². The van der Waals surface area contributed by atoms with E-state index in [1.165, 1.54) is 5.06 Å². The topological polar surface area (TPSA) is 59.0 Å². The summed E-state index contributed by atoms with van der Waals surface area (Å²) in [4.78, 5) is 17.6. The van der Waals surface area contributed by atoms with Gasteiger partial charge in [0.05, 0.1) is 25.7 Å². The Kier molecular flexibility index (Phi) is 4.60. The largest absolute Gasteiger partial charge is 0.497 e. The summed E-state index contributed by atoms with van der Waals surface area (Å²) in [5, 5.41) is 11.6. The van der Waals surface area contributed by atoms with Crippen molar-refractivity contribution in [3.8, 4) is 5.75 Å². The second-order valence-electron chi connectivity index (χ2n) is 5.48. The van der Waals surface area contributed by atoms with E-state index in [1.807, 2.05) is 54.6 Å². The third-order valence-corrected chi connectivity index (χ3v) is 3.99. The molecule has 1 aliphatic heterocycles. The zero-order valence-electron chi connectivity index (χ0n) is 12.9. The van der Waals surface area contributed by atoms with Gasteiger partial charge in [-0.25, -0.2) is 5.06 Å². The second kappa shape index (κ2) is 6.81. The molecule has 23 heavy (non-hydrogen) atoms. The van der Waals surface area contributed by atoms with E-state index < -0.39 is 12.0 Å². The van der Waals surface area contributed by atoms with E-state index in [4.69, 9.17) is 9.57 Å². The highest BCUT2D eigenvalue weighted by atomic mass is 16.7. The molecular formula is C18H19NO4. The van der Waals surface area contributed by atoms with Crippen molar-refractivity contribution in [3.63, 3.8) is 0 Å². The number of β-lactam (4-membered cyclic amide) rings is 1. The standard InChI is InChI=1S/C18H19NO4/c1-22-15-9-7-13(8-10-15)12-23-19-11-16(18(19)21)17(20)14-5-3-2-4-6-14/h2-10,16-17,20H,11-12H2,1H3/t16-,17-/m1/s1. The molecule has 0 radical (unpaired) electrons. The van der Waals surface area contributed by atoms with Crippen LogP contribution < -0.4 is 4.74 Å². The van der Waals surface area contributed by atoms with Crippen LogP contribution in [0.1, 0.15) is 17.2 Å². The minimum Gasteiger partial charge on any atom is -0.497 e. The molecule has 5 heteroatoms. The number of carbonyl (C=O) groups excluding carboxylic acids is 1. The molecule has 0 spiro atoms. The van der Waals surface area contributed by atoms with E-state index in [2.05, 4.69) is 0 Å². The van der Waals surface area contributed by atoms with E-state index in [0.717, 1.165) is 16.9 Å². The van der Waals surface area contributed by atoms with Gasteiger partial charge in [0, 0.05) is 0 Å². The van der Waals surface area contributed by atoms with E-state index in [0.29, 0.717) is 13.2 Å². The van der Waals surface area contributed by atoms with Crippen molar-refractivity contribution in [2.24, 2.45) is 5.92 Å². The molecule has 5 nitrogen and oxygen atoms in total. The number of rotatable bonds is 6. The van der Waals surface area contributed by atoms with E-state index in [9.17, 15) is 9.90 Å². The first-order chi connectivity index (χ1) is 11.2. The number of carbonyl (C=O) groups is 1. The van der Waals surface area contributed by atoms with Crippen molar-refractivity contribution in [1.29, 1.82) is 0 Å². The maximum absolute atomic E-state index is 12.1. The van der Waals surface area contributed by atoms with Gasteiger partial charge in [-0.1, -0.05) is 42.5 Å². The Balaban J connectivity index is 1.51. The Morgan fingerprint density at radius 1 is 1.17 bits per heavy atom. The second-order valence-corrected chi connectivity index (χ2v) is 5.48. The van der Waals surface area contributed by atoms with Crippen molar-refractivity contribution in [3.05, 3.63) is 65.7 Å². The smallest absolute Gasteiger partial charge is 0.254 e. The van der Waals surface area contributed by atoms with Gasteiger partial charge in [0.25, 0.3) is 5.91 Å². The molecule has 0 unspecified atom stereocenters. The molecule has 2 aromatic carbocycles. The van der Waals surface area contributed by atoms with Crippen molar-refractivity contribution in [2.75, 3.05) is 13.7 Å². The molecule has 2 aromatic rings. The molecular weight excluding hydrogens is 294 g/mol. The fraction of sp³-hybridized carbons (Fsp3) is 0.278. The number of nitrogens with zero attached hydrogens (tertiary/aromatic N) is 1. The zero-order valence-corrected chi connectivity index (χ0v) is 12.9. The van der Waals surface area contributed by atoms with Crippen LogP contribution >= 0.6 is 0 Å². The van der Waals surface area contributed by atoms with Gasteiger partial charge in [0.1, 0.15) is 12.4 Å². The summed E-state index contributed by atoms with van der Waals surface area (Å²) in [7, 11) is 1.61. The minimum atomic E-state index is -0.787. The van der Waals surface area contributed by atoms with Gasteiger partial charge in [-0.3, -0.25) is 9.63 Å². The molecule has 1 fully saturated rings. The first kappa shape index (κ1) is 15.5. The van der Waals surface area contributed by atoms with Crippen LogP contribution in [0.3, 0.4) is 0 Å². The van der Waals surface area contributed by atoms with Crippen molar-refractivity contribution in [2.45, 2.75) is 12.7 Å². The molecule has 1 N–H and O–H groups in total. The SMILES string of the molecule is COc1ccc(CON2C[C@H]([C@H](O)c3ccccc3)C2=O)cc1. The van der Waals surface area contributed by atoms with Gasteiger partial charge in [-0.05, 0) is 23.3 Å². The zero-order chi connectivity index (χ0) is 16.2. The molecule has 1 aliphatic rings. The first-order valence-corrected chi connectivity index (χ1v) is 7.49. The fourth-order valence-corrected chi connectivity index (χ4v) is 2.53. The predicted octanol–water partition coefficient (Wildman–Crippen LogP) is 2.32. The number of hydroxylamine groups is 2. The summed E-state index contributed by atoms with van der Waals surface area (Å²) in [6.45, 7) is 0.703. The predicted molar refractivity (Wildman–Crippen MR) is 84.4 cm³/mol. The molecule has 1 heterocycles. The lowest BCUT2D eigenvalue weighted by molar-refractivity contribution is -0.233. The van der Waals surface area contributed by atoms with Gasteiger partial charge < -0.3 is 9.84 Å². The molecule has 2 atom stereocenters. The third-order valence-electron chi connectivity index (χ3n) is 3.99. The molecule has 3 rings (SSSR count). The van der Waals surface area contributed by atoms with Crippen LogP contribution in [0, 0.1) is 5.92 Å². The number of hydrogen-bond acceptors (Lipinski definition) is 4. The van der Waals surface area contributed by atoms with E-state index >= 15 is 0 Å². The lowest BCUT2D eigenvalue weighted by Gasteiger charge is -2.39. The molecule has 0 aliphatic carbocycles. The highest BCUT2D eigenvalue weighted by Gasteiger charge is 2.43. The van der Waals surface area contributed by atoms with Crippen LogP contribution in [0.25, 0.3) is 0 Å². The Bertz CT molecular complexity index is 656. The molecule has 0 aromatic heterocycles. The van der Waals surface area contributed by atoms with Gasteiger partial charge in [-0.15, -0.1) is 0 Å². The summed E-state index contributed by atoms with van der Waals surface area (Å²) in [5.74, 6) is 0.156. The first-order valence-electron chi connectivity index (χ1n) is 7.49. The Labute approximate surface area is 135 Å². The number of aliphatic hydroxyl groups is 1. The van der Waals surface area contributed by atoms with Crippen LogP contribution in [0.4, 0.5) is 0 Å². The van der Waals surface area contributed by atoms with Crippen LogP contribution in [0.15, 0.2) is 54.6 Å². The lowest BCUT2D eigenvalue weighted by atomic mass is 9.90. The fourth-order valence-electron chi connectivity index (χ4n) is 2.53. The quantitative estimate of drug-likeness (QED) is 0.832. The third kappa shape index (κ3) is 3.36. The number of amides is 1. The maximum atomic E-state index is 12.1. The summed E-state index contributed by atoms with van der Waals surface area (Å²) in [6, 6.07) is 16.7. The molecule has 1 amide bonds. The van der Waals surface area contributed by atoms with E-state index in [1.54, 1.807) is 7.11 Å². The van der Waals surface area contributed by atoms with Gasteiger partial charge >= 0.3 is 0 Å². The molecule has 0 bridgehead atoms. The van der Waals surface area contributed by atoms with Crippen LogP contribution in [0.5, 0.6) is 5.75 Å².